The molecule has 2 atom stereocenters. The van der Waals surface area contributed by atoms with E-state index in [-0.39, 0.29) is 0 Å². The van der Waals surface area contributed by atoms with Gasteiger partial charge in [0.2, 0.25) is 0 Å². The summed E-state index contributed by atoms with van der Waals surface area (Å²) in [5.41, 5.74) is 7.09. The fraction of sp³-hybridized carbons (Fsp3) is 0.769. The number of rotatable bonds is 4. The van der Waals surface area contributed by atoms with Gasteiger partial charge in [0.15, 0.2) is 5.13 Å². The molecule has 1 fully saturated rings. The van der Waals surface area contributed by atoms with E-state index in [0.717, 1.165) is 19.5 Å². The summed E-state index contributed by atoms with van der Waals surface area (Å²) in [6.07, 6.45) is 1.13. The van der Waals surface area contributed by atoms with Crippen molar-refractivity contribution >= 4 is 28.2 Å². The first-order chi connectivity index (χ1) is 8.65. The molecule has 5 heteroatoms. The number of anilines is 1. The zero-order chi connectivity index (χ0) is 13.1. The van der Waals surface area contributed by atoms with Crippen LogP contribution < -0.4 is 10.6 Å². The van der Waals surface area contributed by atoms with E-state index in [1.165, 1.54) is 21.5 Å². The summed E-state index contributed by atoms with van der Waals surface area (Å²) in [4.78, 5) is 8.56. The van der Waals surface area contributed by atoms with Crippen LogP contribution in [-0.2, 0) is 6.54 Å². The van der Waals surface area contributed by atoms with Crippen molar-refractivity contribution in [3.8, 4) is 0 Å². The van der Waals surface area contributed by atoms with E-state index in [9.17, 15) is 0 Å². The van der Waals surface area contributed by atoms with Crippen LogP contribution in [0.1, 0.15) is 43.7 Å². The average molecular weight is 285 g/mol. The van der Waals surface area contributed by atoms with Gasteiger partial charge in [-0.05, 0) is 12.3 Å². The Hall–Kier alpha value is -0.260. The molecule has 0 aliphatic carbocycles. The summed E-state index contributed by atoms with van der Waals surface area (Å²) in [5, 5.41) is 1.88. The Bertz CT molecular complexity index is 392. The van der Waals surface area contributed by atoms with Gasteiger partial charge in [-0.25, -0.2) is 4.98 Å². The highest BCUT2D eigenvalue weighted by atomic mass is 32.2. The van der Waals surface area contributed by atoms with E-state index < -0.39 is 0 Å². The number of thioether (sulfide) groups is 1. The zero-order valence-electron chi connectivity index (χ0n) is 11.5. The number of aromatic nitrogens is 1. The van der Waals surface area contributed by atoms with Crippen LogP contribution in [0.15, 0.2) is 0 Å². The van der Waals surface area contributed by atoms with Gasteiger partial charge in [0.1, 0.15) is 0 Å². The summed E-state index contributed by atoms with van der Waals surface area (Å²) in [5.74, 6) is 1.72. The van der Waals surface area contributed by atoms with E-state index in [1.54, 1.807) is 11.3 Å². The van der Waals surface area contributed by atoms with Crippen LogP contribution in [0.25, 0.3) is 0 Å². The second-order valence-corrected chi connectivity index (χ2v) is 7.55. The molecule has 1 aromatic rings. The molecule has 1 aromatic heterocycles. The number of hydrogen-bond donors (Lipinski definition) is 1. The van der Waals surface area contributed by atoms with Crippen molar-refractivity contribution in [1.82, 2.24) is 4.98 Å². The fourth-order valence-corrected chi connectivity index (χ4v) is 4.31. The lowest BCUT2D eigenvalue weighted by atomic mass is 10.0. The summed E-state index contributed by atoms with van der Waals surface area (Å²) in [6, 6.07) is 0. The van der Waals surface area contributed by atoms with Gasteiger partial charge in [0.05, 0.1) is 5.69 Å². The van der Waals surface area contributed by atoms with E-state index in [2.05, 4.69) is 37.4 Å². The maximum absolute atomic E-state index is 5.86. The molecule has 1 saturated heterocycles. The normalized spacial score (nSPS) is 22.2. The SMILES string of the molecule is CCC(C)c1nc(N2CCSC(C)C2)sc1CN. The zero-order valence-corrected chi connectivity index (χ0v) is 13.1. The van der Waals surface area contributed by atoms with Crippen LogP contribution in [0, 0.1) is 0 Å². The smallest absolute Gasteiger partial charge is 0.185 e. The first-order valence-electron chi connectivity index (χ1n) is 6.71. The number of nitrogens with two attached hydrogens (primary N) is 1. The first-order valence-corrected chi connectivity index (χ1v) is 8.58. The number of thiazole rings is 1. The highest BCUT2D eigenvalue weighted by Gasteiger charge is 2.22. The van der Waals surface area contributed by atoms with Crippen molar-refractivity contribution in [3.63, 3.8) is 0 Å². The molecule has 1 aliphatic heterocycles. The molecule has 1 aliphatic rings. The monoisotopic (exact) mass is 285 g/mol. The molecule has 102 valence electrons. The Morgan fingerprint density at radius 3 is 2.94 bits per heavy atom. The lowest BCUT2D eigenvalue weighted by Crippen LogP contribution is -2.36. The standard InChI is InChI=1S/C13H23N3S2/c1-4-9(2)12-11(7-14)18-13(15-12)16-5-6-17-10(3)8-16/h9-10H,4-8,14H2,1-3H3. The molecule has 2 rings (SSSR count). The van der Waals surface area contributed by atoms with Crippen molar-refractivity contribution < 1.29 is 0 Å². The van der Waals surface area contributed by atoms with Gasteiger partial charge in [-0.15, -0.1) is 11.3 Å². The summed E-state index contributed by atoms with van der Waals surface area (Å²) < 4.78 is 0. The van der Waals surface area contributed by atoms with Crippen LogP contribution in [0.3, 0.4) is 0 Å². The van der Waals surface area contributed by atoms with Crippen molar-refractivity contribution in [2.24, 2.45) is 5.73 Å². The third-order valence-corrected chi connectivity index (χ3v) is 5.78. The third-order valence-electron chi connectivity index (χ3n) is 3.49. The third kappa shape index (κ3) is 3.00. The molecule has 0 aromatic carbocycles. The Balaban J connectivity index is 2.20. The number of hydrogen-bond acceptors (Lipinski definition) is 5. The van der Waals surface area contributed by atoms with Crippen LogP contribution in [0.2, 0.25) is 0 Å². The summed E-state index contributed by atoms with van der Waals surface area (Å²) in [7, 11) is 0. The van der Waals surface area contributed by atoms with E-state index in [1.807, 2.05) is 0 Å². The minimum Gasteiger partial charge on any atom is -0.346 e. The van der Waals surface area contributed by atoms with Crippen LogP contribution in [0.4, 0.5) is 5.13 Å². The molecule has 0 radical (unpaired) electrons. The lowest BCUT2D eigenvalue weighted by molar-refractivity contribution is 0.698. The maximum atomic E-state index is 5.86. The van der Waals surface area contributed by atoms with Gasteiger partial charge in [-0.1, -0.05) is 20.8 Å². The van der Waals surface area contributed by atoms with Gasteiger partial charge in [0.25, 0.3) is 0 Å². The molecule has 2 unspecified atom stereocenters. The molecule has 0 bridgehead atoms. The van der Waals surface area contributed by atoms with E-state index in [0.29, 0.717) is 17.7 Å². The highest BCUT2D eigenvalue weighted by Crippen LogP contribution is 2.33. The summed E-state index contributed by atoms with van der Waals surface area (Å²) >= 11 is 3.85. The lowest BCUT2D eigenvalue weighted by Gasteiger charge is -2.30. The Kier molecular flexibility index (Phi) is 4.92. The van der Waals surface area contributed by atoms with E-state index in [4.69, 9.17) is 10.7 Å². The molecule has 0 spiro atoms. The second kappa shape index (κ2) is 6.26. The first kappa shape index (κ1) is 14.2. The van der Waals surface area contributed by atoms with E-state index >= 15 is 0 Å². The van der Waals surface area contributed by atoms with Gasteiger partial charge in [-0.2, -0.15) is 11.8 Å². The highest BCUT2D eigenvalue weighted by molar-refractivity contribution is 8.00. The predicted octanol–water partition coefficient (Wildman–Crippen LogP) is 3.06. The van der Waals surface area contributed by atoms with Crippen LogP contribution >= 0.6 is 23.1 Å². The Labute approximate surface area is 118 Å². The maximum Gasteiger partial charge on any atom is 0.185 e. The van der Waals surface area contributed by atoms with Crippen LogP contribution in [0.5, 0.6) is 0 Å². The van der Waals surface area contributed by atoms with Crippen molar-refractivity contribution in [2.45, 2.75) is 44.9 Å². The van der Waals surface area contributed by atoms with Crippen molar-refractivity contribution in [2.75, 3.05) is 23.7 Å². The van der Waals surface area contributed by atoms with Gasteiger partial charge >= 0.3 is 0 Å². The molecule has 18 heavy (non-hydrogen) atoms. The van der Waals surface area contributed by atoms with Crippen molar-refractivity contribution in [3.05, 3.63) is 10.6 Å². The molecule has 0 amide bonds. The van der Waals surface area contributed by atoms with Crippen molar-refractivity contribution in [1.29, 1.82) is 0 Å². The molecular weight excluding hydrogens is 262 g/mol. The molecule has 0 saturated carbocycles. The minimum atomic E-state index is 0.519. The van der Waals surface area contributed by atoms with Gasteiger partial charge in [0, 0.05) is 35.5 Å². The topological polar surface area (TPSA) is 42.2 Å². The molecule has 2 N–H and O–H groups in total. The van der Waals surface area contributed by atoms with Gasteiger partial charge in [-0.3, -0.25) is 0 Å². The quantitative estimate of drug-likeness (QED) is 0.923. The minimum absolute atomic E-state index is 0.519. The largest absolute Gasteiger partial charge is 0.346 e. The Morgan fingerprint density at radius 2 is 2.33 bits per heavy atom. The second-order valence-electron chi connectivity index (χ2n) is 4.95. The predicted molar refractivity (Wildman–Crippen MR) is 82.8 cm³/mol. The average Bonchev–Trinajstić information content (AvgIpc) is 2.82. The summed E-state index contributed by atoms with van der Waals surface area (Å²) in [6.45, 7) is 9.60. The fourth-order valence-electron chi connectivity index (χ4n) is 2.20. The Morgan fingerprint density at radius 1 is 1.56 bits per heavy atom. The molecule has 2 heterocycles. The molecular formula is C13H23N3S2. The number of nitrogens with zero attached hydrogens (tertiary/aromatic N) is 2. The van der Waals surface area contributed by atoms with Crippen LogP contribution in [-0.4, -0.2) is 29.1 Å². The van der Waals surface area contributed by atoms with Gasteiger partial charge < -0.3 is 10.6 Å². The molecule has 3 nitrogen and oxygen atoms in total.